The van der Waals surface area contributed by atoms with E-state index in [4.69, 9.17) is 5.11 Å². The Labute approximate surface area is 127 Å². The average Bonchev–Trinajstić information content (AvgIpc) is 3.17. The summed E-state index contributed by atoms with van der Waals surface area (Å²) < 4.78 is 0. The number of amides is 2. The summed E-state index contributed by atoms with van der Waals surface area (Å²) in [5.74, 6) is 4.94. The van der Waals surface area contributed by atoms with E-state index in [0.29, 0.717) is 4.88 Å². The highest BCUT2D eigenvalue weighted by Gasteiger charge is 2.26. The summed E-state index contributed by atoms with van der Waals surface area (Å²) >= 11 is 1.26. The van der Waals surface area contributed by atoms with Crippen LogP contribution in [0.2, 0.25) is 0 Å². The van der Waals surface area contributed by atoms with Crippen molar-refractivity contribution in [2.45, 2.75) is 38.8 Å². The second-order valence-corrected chi connectivity index (χ2v) is 6.11. The molecule has 0 radical (unpaired) electrons. The van der Waals surface area contributed by atoms with Crippen molar-refractivity contribution in [2.24, 2.45) is 0 Å². The lowest BCUT2D eigenvalue weighted by molar-refractivity contribution is -0.122. The predicted molar refractivity (Wildman–Crippen MR) is 81.1 cm³/mol. The van der Waals surface area contributed by atoms with Crippen molar-refractivity contribution < 1.29 is 14.7 Å². The zero-order valence-corrected chi connectivity index (χ0v) is 12.8. The Kier molecular flexibility index (Phi) is 4.99. The van der Waals surface area contributed by atoms with Crippen molar-refractivity contribution >= 4 is 23.2 Å². The SMILES string of the molecule is Cc1cc(C(=O)NC(C)C(=O)NC2CC2)sc1C#CCO. The lowest BCUT2D eigenvalue weighted by atomic mass is 10.2. The third-order valence-electron chi connectivity index (χ3n) is 3.09. The molecule has 3 N–H and O–H groups in total. The smallest absolute Gasteiger partial charge is 0.262 e. The number of aryl methyl sites for hydroxylation is 1. The van der Waals surface area contributed by atoms with E-state index in [0.717, 1.165) is 23.3 Å². The van der Waals surface area contributed by atoms with Crippen LogP contribution in [0.3, 0.4) is 0 Å². The average molecular weight is 306 g/mol. The topological polar surface area (TPSA) is 78.4 Å². The fourth-order valence-corrected chi connectivity index (χ4v) is 2.68. The standard InChI is InChI=1S/C15H18N2O3S/c1-9-8-13(21-12(9)4-3-7-18)15(20)16-10(2)14(19)17-11-5-6-11/h8,10-11,18H,5-7H2,1-2H3,(H,16,20)(H,17,19). The van der Waals surface area contributed by atoms with Gasteiger partial charge < -0.3 is 15.7 Å². The van der Waals surface area contributed by atoms with Gasteiger partial charge in [-0.2, -0.15) is 0 Å². The monoisotopic (exact) mass is 306 g/mol. The number of carbonyl (C=O) groups excluding carboxylic acids is 2. The van der Waals surface area contributed by atoms with Gasteiger partial charge in [-0.15, -0.1) is 11.3 Å². The Morgan fingerprint density at radius 3 is 2.86 bits per heavy atom. The maximum absolute atomic E-state index is 12.1. The second-order valence-electron chi connectivity index (χ2n) is 5.06. The molecular formula is C15H18N2O3S. The summed E-state index contributed by atoms with van der Waals surface area (Å²) in [6.45, 7) is 3.32. The van der Waals surface area contributed by atoms with Crippen LogP contribution in [0.15, 0.2) is 6.07 Å². The van der Waals surface area contributed by atoms with Crippen LogP contribution in [-0.4, -0.2) is 35.6 Å². The quantitative estimate of drug-likeness (QED) is 0.720. The van der Waals surface area contributed by atoms with Crippen LogP contribution in [0.25, 0.3) is 0 Å². The van der Waals surface area contributed by atoms with Crippen molar-refractivity contribution in [3.05, 3.63) is 21.4 Å². The molecule has 1 heterocycles. The molecule has 1 fully saturated rings. The molecule has 1 aliphatic carbocycles. The molecule has 0 aromatic carbocycles. The highest BCUT2D eigenvalue weighted by Crippen LogP contribution is 2.21. The van der Waals surface area contributed by atoms with Crippen molar-refractivity contribution in [2.75, 3.05) is 6.61 Å². The highest BCUT2D eigenvalue weighted by atomic mass is 32.1. The lowest BCUT2D eigenvalue weighted by Gasteiger charge is -2.12. The van der Waals surface area contributed by atoms with E-state index in [9.17, 15) is 9.59 Å². The maximum atomic E-state index is 12.1. The predicted octanol–water partition coefficient (Wildman–Crippen LogP) is 0.797. The Balaban J connectivity index is 1.97. The molecule has 1 unspecified atom stereocenters. The van der Waals surface area contributed by atoms with E-state index in [1.165, 1.54) is 11.3 Å². The molecule has 1 aromatic heterocycles. The Hall–Kier alpha value is -1.84. The van der Waals surface area contributed by atoms with Crippen LogP contribution in [0.4, 0.5) is 0 Å². The zero-order chi connectivity index (χ0) is 15.4. The molecule has 0 saturated heterocycles. The van der Waals surface area contributed by atoms with Gasteiger partial charge in [-0.3, -0.25) is 9.59 Å². The molecule has 21 heavy (non-hydrogen) atoms. The molecule has 2 rings (SSSR count). The largest absolute Gasteiger partial charge is 0.384 e. The first kappa shape index (κ1) is 15.5. The molecule has 6 heteroatoms. The van der Waals surface area contributed by atoms with Crippen LogP contribution in [0.5, 0.6) is 0 Å². The molecule has 112 valence electrons. The molecule has 1 saturated carbocycles. The minimum atomic E-state index is -0.563. The van der Waals surface area contributed by atoms with Crippen LogP contribution in [-0.2, 0) is 4.79 Å². The molecule has 0 aliphatic heterocycles. The lowest BCUT2D eigenvalue weighted by Crippen LogP contribution is -2.45. The fourth-order valence-electron chi connectivity index (χ4n) is 1.73. The molecular weight excluding hydrogens is 288 g/mol. The van der Waals surface area contributed by atoms with Crippen LogP contribution in [0.1, 0.15) is 39.9 Å². The van der Waals surface area contributed by atoms with Gasteiger partial charge in [0, 0.05) is 6.04 Å². The van der Waals surface area contributed by atoms with Gasteiger partial charge in [0.25, 0.3) is 5.91 Å². The first-order chi connectivity index (χ1) is 10.0. The van der Waals surface area contributed by atoms with Gasteiger partial charge in [0.15, 0.2) is 0 Å². The summed E-state index contributed by atoms with van der Waals surface area (Å²) in [5.41, 5.74) is 0.890. The third kappa shape index (κ3) is 4.31. The normalized spacial score (nSPS) is 14.8. The van der Waals surface area contributed by atoms with Crippen LogP contribution >= 0.6 is 11.3 Å². The summed E-state index contributed by atoms with van der Waals surface area (Å²) in [6, 6.07) is 1.46. The van der Waals surface area contributed by atoms with Gasteiger partial charge in [-0.25, -0.2) is 0 Å². The first-order valence-corrected chi connectivity index (χ1v) is 7.64. The van der Waals surface area contributed by atoms with E-state index < -0.39 is 6.04 Å². The van der Waals surface area contributed by atoms with Gasteiger partial charge in [0.2, 0.25) is 5.91 Å². The summed E-state index contributed by atoms with van der Waals surface area (Å²) in [6.07, 6.45) is 2.03. The molecule has 1 aliphatic rings. The van der Waals surface area contributed by atoms with Crippen molar-refractivity contribution in [1.82, 2.24) is 10.6 Å². The molecule has 1 aromatic rings. The third-order valence-corrected chi connectivity index (χ3v) is 4.24. The van der Waals surface area contributed by atoms with E-state index in [-0.39, 0.29) is 24.5 Å². The van der Waals surface area contributed by atoms with Gasteiger partial charge >= 0.3 is 0 Å². The van der Waals surface area contributed by atoms with Gasteiger partial charge in [0.05, 0.1) is 9.75 Å². The van der Waals surface area contributed by atoms with Gasteiger partial charge in [0.1, 0.15) is 12.6 Å². The Bertz CT molecular complexity index is 608. The van der Waals surface area contributed by atoms with E-state index in [2.05, 4.69) is 22.5 Å². The number of hydrogen-bond acceptors (Lipinski definition) is 4. The number of carbonyl (C=O) groups is 2. The minimum Gasteiger partial charge on any atom is -0.384 e. The molecule has 2 amide bonds. The van der Waals surface area contributed by atoms with Crippen LogP contribution < -0.4 is 10.6 Å². The van der Waals surface area contributed by atoms with Crippen molar-refractivity contribution in [3.63, 3.8) is 0 Å². The molecule has 5 nitrogen and oxygen atoms in total. The number of aliphatic hydroxyl groups excluding tert-OH is 1. The maximum Gasteiger partial charge on any atom is 0.262 e. The van der Waals surface area contributed by atoms with E-state index in [1.54, 1.807) is 13.0 Å². The second kappa shape index (κ2) is 6.74. The van der Waals surface area contributed by atoms with Crippen molar-refractivity contribution in [3.8, 4) is 11.8 Å². The van der Waals surface area contributed by atoms with E-state index >= 15 is 0 Å². The van der Waals surface area contributed by atoms with Crippen LogP contribution in [0, 0.1) is 18.8 Å². The number of rotatable bonds is 4. The summed E-state index contributed by atoms with van der Waals surface area (Å²) in [7, 11) is 0. The molecule has 0 spiro atoms. The fraction of sp³-hybridized carbons (Fsp3) is 0.467. The van der Waals surface area contributed by atoms with Gasteiger partial charge in [-0.1, -0.05) is 11.8 Å². The van der Waals surface area contributed by atoms with E-state index in [1.807, 2.05) is 6.92 Å². The number of aliphatic hydroxyl groups is 1. The van der Waals surface area contributed by atoms with Crippen molar-refractivity contribution in [1.29, 1.82) is 0 Å². The van der Waals surface area contributed by atoms with Gasteiger partial charge in [-0.05, 0) is 38.3 Å². The summed E-state index contributed by atoms with van der Waals surface area (Å²) in [5, 5.41) is 14.2. The minimum absolute atomic E-state index is 0.153. The highest BCUT2D eigenvalue weighted by molar-refractivity contribution is 7.14. The molecule has 1 atom stereocenters. The number of thiophene rings is 1. The Morgan fingerprint density at radius 2 is 2.24 bits per heavy atom. The Morgan fingerprint density at radius 1 is 1.52 bits per heavy atom. The number of hydrogen-bond donors (Lipinski definition) is 3. The first-order valence-electron chi connectivity index (χ1n) is 6.82. The summed E-state index contributed by atoms with van der Waals surface area (Å²) in [4.78, 5) is 25.2. The zero-order valence-electron chi connectivity index (χ0n) is 12.0. The molecule has 0 bridgehead atoms. The number of nitrogens with one attached hydrogen (secondary N) is 2.